The quantitative estimate of drug-likeness (QED) is 0.347. The molecule has 8 heteroatoms. The number of furan rings is 1. The molecule has 4 unspecified atom stereocenters. The summed E-state index contributed by atoms with van der Waals surface area (Å²) in [5.41, 5.74) is 8.03. The molecule has 0 spiro atoms. The molecule has 5 rings (SSSR count). The number of hydrogen-bond donors (Lipinski definition) is 1. The van der Waals surface area contributed by atoms with Crippen LogP contribution >= 0.6 is 11.6 Å². The second kappa shape index (κ2) is 11.5. The van der Waals surface area contributed by atoms with Crippen LogP contribution < -0.4 is 10.5 Å². The number of nitrogens with two attached hydrogens (primary N) is 1. The maximum atomic E-state index is 14.6. The van der Waals surface area contributed by atoms with E-state index in [2.05, 4.69) is 0 Å². The van der Waals surface area contributed by atoms with Gasteiger partial charge in [-0.25, -0.2) is 0 Å². The zero-order valence-electron chi connectivity index (χ0n) is 23.1. The van der Waals surface area contributed by atoms with Crippen molar-refractivity contribution in [2.75, 3.05) is 7.11 Å². The van der Waals surface area contributed by atoms with Gasteiger partial charge in [-0.2, -0.15) is 0 Å². The number of carbonyl (C=O) groups is 3. The molecule has 2 heterocycles. The van der Waals surface area contributed by atoms with Gasteiger partial charge in [0.15, 0.2) is 5.78 Å². The lowest BCUT2D eigenvalue weighted by Crippen LogP contribution is -2.49. The number of likely N-dealkylation sites (tertiary alicyclic amines) is 1. The number of amides is 2. The number of aryl methyl sites for hydroxylation is 2. The molecular formula is C32H35ClN2O5. The minimum atomic E-state index is -1.02. The van der Waals surface area contributed by atoms with E-state index in [1.165, 1.54) is 0 Å². The van der Waals surface area contributed by atoms with Crippen molar-refractivity contribution in [2.24, 2.45) is 17.6 Å². The fraction of sp³-hybridized carbons (Fsp3) is 0.406. The molecule has 7 nitrogen and oxygen atoms in total. The van der Waals surface area contributed by atoms with Crippen LogP contribution in [0.25, 0.3) is 0 Å². The molecule has 40 heavy (non-hydrogen) atoms. The minimum Gasteiger partial charge on any atom is -0.497 e. The van der Waals surface area contributed by atoms with Crippen LogP contribution in [0.15, 0.2) is 59.0 Å². The first kappa shape index (κ1) is 28.0. The monoisotopic (exact) mass is 562 g/mol. The van der Waals surface area contributed by atoms with Crippen LogP contribution in [-0.4, -0.2) is 35.6 Å². The predicted octanol–water partition coefficient (Wildman–Crippen LogP) is 6.16. The molecular weight excluding hydrogens is 528 g/mol. The molecule has 4 atom stereocenters. The third-order valence-electron chi connectivity index (χ3n) is 8.49. The Bertz CT molecular complexity index is 1390. The van der Waals surface area contributed by atoms with E-state index in [9.17, 15) is 14.4 Å². The molecule has 0 radical (unpaired) electrons. The molecule has 1 aromatic heterocycles. The zero-order chi connectivity index (χ0) is 28.6. The fourth-order valence-corrected chi connectivity index (χ4v) is 6.79. The highest BCUT2D eigenvalue weighted by Gasteiger charge is 2.57. The molecule has 3 aromatic rings. The number of ether oxygens (including phenoxy) is 1. The first-order chi connectivity index (χ1) is 19.2. The van der Waals surface area contributed by atoms with Crippen molar-refractivity contribution in [1.82, 2.24) is 4.90 Å². The van der Waals surface area contributed by atoms with Gasteiger partial charge in [0.2, 0.25) is 11.8 Å². The average Bonchev–Trinajstić information content (AvgIpc) is 3.50. The van der Waals surface area contributed by atoms with E-state index in [0.29, 0.717) is 27.9 Å². The van der Waals surface area contributed by atoms with Crippen LogP contribution in [0.4, 0.5) is 0 Å². The Hall–Kier alpha value is -3.58. The number of nitrogens with zero attached hydrogens (tertiary/aromatic N) is 1. The van der Waals surface area contributed by atoms with Gasteiger partial charge in [-0.1, -0.05) is 55.1 Å². The molecule has 2 aliphatic rings. The first-order valence-electron chi connectivity index (χ1n) is 13.8. The van der Waals surface area contributed by atoms with Crippen molar-refractivity contribution in [1.29, 1.82) is 0 Å². The molecule has 1 aliphatic heterocycles. The Morgan fingerprint density at radius 2 is 1.57 bits per heavy atom. The van der Waals surface area contributed by atoms with E-state index in [4.69, 9.17) is 26.5 Å². The summed E-state index contributed by atoms with van der Waals surface area (Å²) in [6.45, 7) is 3.55. The van der Waals surface area contributed by atoms with E-state index in [1.807, 2.05) is 24.3 Å². The number of primary amides is 1. The highest BCUT2D eigenvalue weighted by atomic mass is 35.5. The number of Topliss-reactive ketones (excluding diaryl/α,β-unsaturated/α-hetero) is 1. The third-order valence-corrected chi connectivity index (χ3v) is 8.74. The van der Waals surface area contributed by atoms with Crippen LogP contribution in [0.2, 0.25) is 5.02 Å². The van der Waals surface area contributed by atoms with Crippen molar-refractivity contribution >= 4 is 29.2 Å². The van der Waals surface area contributed by atoms with Crippen LogP contribution in [0, 0.1) is 25.7 Å². The number of rotatable bonds is 7. The van der Waals surface area contributed by atoms with Gasteiger partial charge in [-0.15, -0.1) is 0 Å². The van der Waals surface area contributed by atoms with Gasteiger partial charge in [0, 0.05) is 16.9 Å². The molecule has 2 amide bonds. The van der Waals surface area contributed by atoms with Crippen molar-refractivity contribution < 1.29 is 23.5 Å². The number of ketones is 1. The Balaban J connectivity index is 1.74. The maximum absolute atomic E-state index is 14.6. The van der Waals surface area contributed by atoms with Crippen molar-refractivity contribution in [3.8, 4) is 5.75 Å². The smallest absolute Gasteiger partial charge is 0.240 e. The number of halogens is 1. The van der Waals surface area contributed by atoms with Gasteiger partial charge in [-0.3, -0.25) is 14.4 Å². The molecule has 1 saturated carbocycles. The largest absolute Gasteiger partial charge is 0.497 e. The second-order valence-electron chi connectivity index (χ2n) is 10.9. The fourth-order valence-electron chi connectivity index (χ4n) is 6.67. The molecule has 2 fully saturated rings. The van der Waals surface area contributed by atoms with Crippen LogP contribution in [0.5, 0.6) is 5.75 Å². The van der Waals surface area contributed by atoms with E-state index >= 15 is 0 Å². The average molecular weight is 563 g/mol. The number of hydrogen-bond acceptors (Lipinski definition) is 5. The predicted molar refractivity (Wildman–Crippen MR) is 152 cm³/mol. The van der Waals surface area contributed by atoms with Crippen molar-refractivity contribution in [2.45, 2.75) is 64.0 Å². The van der Waals surface area contributed by atoms with E-state index in [-0.39, 0.29) is 17.6 Å². The van der Waals surface area contributed by atoms with Crippen molar-refractivity contribution in [3.63, 3.8) is 0 Å². The van der Waals surface area contributed by atoms with Gasteiger partial charge in [0.05, 0.1) is 24.6 Å². The molecule has 1 aliphatic carbocycles. The highest BCUT2D eigenvalue weighted by Crippen LogP contribution is 2.52. The van der Waals surface area contributed by atoms with Crippen molar-refractivity contribution in [3.05, 3.63) is 87.8 Å². The Kier molecular flexibility index (Phi) is 8.04. The van der Waals surface area contributed by atoms with Crippen LogP contribution in [0.1, 0.15) is 77.1 Å². The maximum Gasteiger partial charge on any atom is 0.240 e. The van der Waals surface area contributed by atoms with Gasteiger partial charge in [0.1, 0.15) is 23.3 Å². The Morgan fingerprint density at radius 3 is 2.12 bits per heavy atom. The number of methoxy groups -OCH3 is 1. The number of benzene rings is 2. The lowest BCUT2D eigenvalue weighted by molar-refractivity contribution is -0.144. The minimum absolute atomic E-state index is 0.127. The van der Waals surface area contributed by atoms with Gasteiger partial charge in [-0.05, 0) is 68.1 Å². The van der Waals surface area contributed by atoms with Crippen LogP contribution in [-0.2, 0) is 9.59 Å². The lowest BCUT2D eigenvalue weighted by Gasteiger charge is -2.35. The molecule has 2 N–H and O–H groups in total. The van der Waals surface area contributed by atoms with Gasteiger partial charge in [0.25, 0.3) is 0 Å². The molecule has 2 aromatic carbocycles. The standard InChI is InChI=1S/C32H35ClN2O5/c1-18-17-25(19(2)40-18)30(36)27-26(20-11-15-24(39-3)16-12-20)29(31(34)37)35(32(38)22-7-5-4-6-8-22)28(27)21-9-13-23(33)14-10-21/h9-17,22,26-29H,4-8H2,1-3H3,(H2,34,37). The summed E-state index contributed by atoms with van der Waals surface area (Å²) in [6, 6.07) is 14.4. The molecule has 210 valence electrons. The van der Waals surface area contributed by atoms with E-state index in [0.717, 1.165) is 43.2 Å². The summed E-state index contributed by atoms with van der Waals surface area (Å²) in [4.78, 5) is 43.9. The summed E-state index contributed by atoms with van der Waals surface area (Å²) >= 11 is 6.24. The normalized spacial score (nSPS) is 23.2. The SMILES string of the molecule is COc1ccc(C2C(C(=O)c3cc(C)oc3C)C(c3ccc(Cl)cc3)N(C(=O)C3CCCCC3)C2C(N)=O)cc1. The highest BCUT2D eigenvalue weighted by molar-refractivity contribution is 6.30. The molecule has 0 bridgehead atoms. The summed E-state index contributed by atoms with van der Waals surface area (Å²) in [6.07, 6.45) is 4.49. The topological polar surface area (TPSA) is 103 Å². The zero-order valence-corrected chi connectivity index (χ0v) is 23.8. The van der Waals surface area contributed by atoms with Gasteiger partial charge < -0.3 is 19.8 Å². The third kappa shape index (κ3) is 5.15. The summed E-state index contributed by atoms with van der Waals surface area (Å²) in [5, 5.41) is 0.536. The Morgan fingerprint density at radius 1 is 0.950 bits per heavy atom. The van der Waals surface area contributed by atoms with Gasteiger partial charge >= 0.3 is 0 Å². The second-order valence-corrected chi connectivity index (χ2v) is 11.4. The summed E-state index contributed by atoms with van der Waals surface area (Å²) < 4.78 is 11.1. The van der Waals surface area contributed by atoms with Crippen LogP contribution in [0.3, 0.4) is 0 Å². The van der Waals surface area contributed by atoms with E-state index < -0.39 is 29.8 Å². The van der Waals surface area contributed by atoms with E-state index in [1.54, 1.807) is 56.2 Å². The summed E-state index contributed by atoms with van der Waals surface area (Å²) in [5.74, 6) is -0.909. The summed E-state index contributed by atoms with van der Waals surface area (Å²) in [7, 11) is 1.58. The first-order valence-corrected chi connectivity index (χ1v) is 14.2. The number of carbonyl (C=O) groups excluding carboxylic acids is 3. The Labute approximate surface area is 239 Å². The molecule has 1 saturated heterocycles. The lowest BCUT2D eigenvalue weighted by atomic mass is 9.76.